The Bertz CT molecular complexity index is 1030. The van der Waals surface area contributed by atoms with E-state index in [2.05, 4.69) is 15.5 Å². The standard InChI is InChI=1S/C21H15N3O2/c25-19(18-14-8-7-13-17(18)15-9-3-1-4-10-15)22-21-24-23-20(26-21)16-11-5-2-6-12-16/h1-14H,(H,22,24,25). The van der Waals surface area contributed by atoms with Crippen molar-refractivity contribution in [3.05, 3.63) is 90.5 Å². The second-order valence-corrected chi connectivity index (χ2v) is 5.64. The summed E-state index contributed by atoms with van der Waals surface area (Å²) in [5.74, 6) is 0.0601. The SMILES string of the molecule is O=C(Nc1nnc(-c2ccccc2)o1)c1ccccc1-c1ccccc1. The Balaban J connectivity index is 1.59. The zero-order valence-corrected chi connectivity index (χ0v) is 13.8. The van der Waals surface area contributed by atoms with Crippen LogP contribution in [0.2, 0.25) is 0 Å². The van der Waals surface area contributed by atoms with Gasteiger partial charge in [-0.25, -0.2) is 0 Å². The van der Waals surface area contributed by atoms with Gasteiger partial charge in [0.1, 0.15) is 0 Å². The van der Waals surface area contributed by atoms with Crippen molar-refractivity contribution < 1.29 is 9.21 Å². The molecule has 0 radical (unpaired) electrons. The Labute approximate surface area is 150 Å². The molecule has 1 aromatic heterocycles. The van der Waals surface area contributed by atoms with Gasteiger partial charge in [0, 0.05) is 11.1 Å². The average Bonchev–Trinajstić information content (AvgIpc) is 3.18. The molecule has 126 valence electrons. The first-order valence-corrected chi connectivity index (χ1v) is 8.16. The van der Waals surface area contributed by atoms with Gasteiger partial charge < -0.3 is 4.42 Å². The lowest BCUT2D eigenvalue weighted by molar-refractivity contribution is 0.102. The summed E-state index contributed by atoms with van der Waals surface area (Å²) in [5.41, 5.74) is 3.14. The van der Waals surface area contributed by atoms with E-state index in [0.717, 1.165) is 16.7 Å². The number of amides is 1. The lowest BCUT2D eigenvalue weighted by atomic mass is 9.99. The molecule has 0 bridgehead atoms. The van der Waals surface area contributed by atoms with E-state index < -0.39 is 0 Å². The maximum atomic E-state index is 12.7. The highest BCUT2D eigenvalue weighted by molar-refractivity contribution is 6.07. The van der Waals surface area contributed by atoms with E-state index >= 15 is 0 Å². The van der Waals surface area contributed by atoms with Crippen LogP contribution in [0.1, 0.15) is 10.4 Å². The molecule has 5 heteroatoms. The number of aromatic nitrogens is 2. The van der Waals surface area contributed by atoms with Gasteiger partial charge in [0.2, 0.25) is 5.89 Å². The van der Waals surface area contributed by atoms with Gasteiger partial charge in [0.15, 0.2) is 0 Å². The smallest absolute Gasteiger partial charge is 0.322 e. The second kappa shape index (κ2) is 7.03. The summed E-state index contributed by atoms with van der Waals surface area (Å²) >= 11 is 0. The van der Waals surface area contributed by atoms with Crippen molar-refractivity contribution in [3.8, 4) is 22.6 Å². The van der Waals surface area contributed by atoms with E-state index in [9.17, 15) is 4.79 Å². The van der Waals surface area contributed by atoms with Crippen LogP contribution in [0.25, 0.3) is 22.6 Å². The fraction of sp³-hybridized carbons (Fsp3) is 0. The zero-order chi connectivity index (χ0) is 17.8. The van der Waals surface area contributed by atoms with Crippen LogP contribution >= 0.6 is 0 Å². The number of anilines is 1. The highest BCUT2D eigenvalue weighted by Gasteiger charge is 2.16. The van der Waals surface area contributed by atoms with Crippen molar-refractivity contribution in [2.75, 3.05) is 5.32 Å². The minimum absolute atomic E-state index is 0.0664. The fourth-order valence-electron chi connectivity index (χ4n) is 2.69. The highest BCUT2D eigenvalue weighted by Crippen LogP contribution is 2.25. The van der Waals surface area contributed by atoms with Gasteiger partial charge in [-0.2, -0.15) is 0 Å². The molecule has 4 aromatic rings. The molecular formula is C21H15N3O2. The fourth-order valence-corrected chi connectivity index (χ4v) is 2.69. The number of benzene rings is 3. The third kappa shape index (κ3) is 3.23. The molecule has 1 N–H and O–H groups in total. The Morgan fingerprint density at radius 1 is 0.731 bits per heavy atom. The van der Waals surface area contributed by atoms with Crippen molar-refractivity contribution in [1.29, 1.82) is 0 Å². The number of rotatable bonds is 4. The number of hydrogen-bond donors (Lipinski definition) is 1. The van der Waals surface area contributed by atoms with Crippen molar-refractivity contribution in [3.63, 3.8) is 0 Å². The highest BCUT2D eigenvalue weighted by atomic mass is 16.4. The summed E-state index contributed by atoms with van der Waals surface area (Å²) in [6.45, 7) is 0. The van der Waals surface area contributed by atoms with Gasteiger partial charge in [-0.3, -0.25) is 10.1 Å². The van der Waals surface area contributed by atoms with Gasteiger partial charge in [0.25, 0.3) is 5.91 Å². The van der Waals surface area contributed by atoms with Crippen LogP contribution in [-0.4, -0.2) is 16.1 Å². The molecule has 5 nitrogen and oxygen atoms in total. The number of nitrogens with zero attached hydrogens (tertiary/aromatic N) is 2. The number of nitrogens with one attached hydrogen (secondary N) is 1. The van der Waals surface area contributed by atoms with Gasteiger partial charge in [0.05, 0.1) is 0 Å². The van der Waals surface area contributed by atoms with Crippen LogP contribution in [0.3, 0.4) is 0 Å². The van der Waals surface area contributed by atoms with E-state index in [0.29, 0.717) is 11.5 Å². The molecule has 0 saturated heterocycles. The molecule has 0 aliphatic carbocycles. The van der Waals surface area contributed by atoms with E-state index in [1.165, 1.54) is 0 Å². The molecule has 0 spiro atoms. The van der Waals surface area contributed by atoms with Crippen LogP contribution in [0.15, 0.2) is 89.3 Å². The molecular weight excluding hydrogens is 326 g/mol. The quantitative estimate of drug-likeness (QED) is 0.586. The summed E-state index contributed by atoms with van der Waals surface area (Å²) in [7, 11) is 0. The number of carbonyl (C=O) groups excluding carboxylic acids is 1. The third-order valence-corrected chi connectivity index (χ3v) is 3.92. The minimum Gasteiger partial charge on any atom is -0.403 e. The molecule has 0 unspecified atom stereocenters. The van der Waals surface area contributed by atoms with Crippen LogP contribution < -0.4 is 5.32 Å². The molecule has 0 atom stereocenters. The first-order chi connectivity index (χ1) is 12.8. The van der Waals surface area contributed by atoms with Crippen molar-refractivity contribution in [2.45, 2.75) is 0 Å². The third-order valence-electron chi connectivity index (χ3n) is 3.92. The Morgan fingerprint density at radius 3 is 2.08 bits per heavy atom. The second-order valence-electron chi connectivity index (χ2n) is 5.64. The van der Waals surface area contributed by atoms with Gasteiger partial charge in [-0.15, -0.1) is 5.10 Å². The lowest BCUT2D eigenvalue weighted by Gasteiger charge is -2.08. The predicted molar refractivity (Wildman–Crippen MR) is 99.6 cm³/mol. The first kappa shape index (κ1) is 15.8. The van der Waals surface area contributed by atoms with E-state index in [-0.39, 0.29) is 11.9 Å². The summed E-state index contributed by atoms with van der Waals surface area (Å²) < 4.78 is 5.55. The molecule has 0 saturated carbocycles. The zero-order valence-electron chi connectivity index (χ0n) is 13.8. The van der Waals surface area contributed by atoms with Crippen LogP contribution in [0, 0.1) is 0 Å². The molecule has 3 aromatic carbocycles. The molecule has 26 heavy (non-hydrogen) atoms. The maximum absolute atomic E-state index is 12.7. The van der Waals surface area contributed by atoms with Crippen molar-refractivity contribution in [1.82, 2.24) is 10.2 Å². The van der Waals surface area contributed by atoms with Crippen LogP contribution in [-0.2, 0) is 0 Å². The summed E-state index contributed by atoms with van der Waals surface area (Å²) in [6, 6.07) is 26.6. The molecule has 1 amide bonds. The molecule has 0 aliphatic rings. The van der Waals surface area contributed by atoms with Crippen molar-refractivity contribution >= 4 is 11.9 Å². The van der Waals surface area contributed by atoms with E-state index in [4.69, 9.17) is 4.42 Å². The topological polar surface area (TPSA) is 68.0 Å². The van der Waals surface area contributed by atoms with Crippen LogP contribution in [0.4, 0.5) is 6.01 Å². The molecule has 4 rings (SSSR count). The molecule has 1 heterocycles. The predicted octanol–water partition coefficient (Wildman–Crippen LogP) is 4.66. The Morgan fingerprint density at radius 2 is 1.35 bits per heavy atom. The normalized spacial score (nSPS) is 10.5. The van der Waals surface area contributed by atoms with E-state index in [1.807, 2.05) is 78.9 Å². The summed E-state index contributed by atoms with van der Waals surface area (Å²) in [4.78, 5) is 12.7. The number of hydrogen-bond acceptors (Lipinski definition) is 4. The van der Waals surface area contributed by atoms with Gasteiger partial charge >= 0.3 is 6.01 Å². The van der Waals surface area contributed by atoms with Gasteiger partial charge in [-0.1, -0.05) is 71.8 Å². The maximum Gasteiger partial charge on any atom is 0.322 e. The Hall–Kier alpha value is -3.73. The number of carbonyl (C=O) groups is 1. The summed E-state index contributed by atoms with van der Waals surface area (Å²) in [6.07, 6.45) is 0. The lowest BCUT2D eigenvalue weighted by Crippen LogP contribution is -2.13. The van der Waals surface area contributed by atoms with Gasteiger partial charge in [-0.05, 0) is 29.3 Å². The van der Waals surface area contributed by atoms with Crippen LogP contribution in [0.5, 0.6) is 0 Å². The monoisotopic (exact) mass is 341 g/mol. The molecule has 0 aliphatic heterocycles. The molecule has 0 fully saturated rings. The Kier molecular flexibility index (Phi) is 4.26. The van der Waals surface area contributed by atoms with E-state index in [1.54, 1.807) is 6.07 Å². The average molecular weight is 341 g/mol. The first-order valence-electron chi connectivity index (χ1n) is 8.16. The summed E-state index contributed by atoms with van der Waals surface area (Å²) in [5, 5.41) is 10.6. The minimum atomic E-state index is -0.298. The largest absolute Gasteiger partial charge is 0.403 e. The van der Waals surface area contributed by atoms with Crippen molar-refractivity contribution in [2.24, 2.45) is 0 Å².